The maximum Gasteiger partial charge on any atom is 0.184 e. The topological polar surface area (TPSA) is 46.2 Å². The zero-order valence-electron chi connectivity index (χ0n) is 14.6. The SMILES string of the molecule is C=CCO[C@H]1C[C@@H](CC=C)O[C@@H]2COC(c3ccc(OC)cc3)O[C@@H]12. The molecule has 0 aromatic heterocycles. The Balaban J connectivity index is 1.71. The molecule has 2 aliphatic rings. The fraction of sp³-hybridized carbons (Fsp3) is 0.500. The van der Waals surface area contributed by atoms with Crippen molar-refractivity contribution in [3.63, 3.8) is 0 Å². The number of hydrogen-bond donors (Lipinski definition) is 0. The van der Waals surface area contributed by atoms with E-state index in [-0.39, 0.29) is 24.4 Å². The van der Waals surface area contributed by atoms with Gasteiger partial charge in [0.25, 0.3) is 0 Å². The maximum atomic E-state index is 6.21. The molecule has 0 bridgehead atoms. The molecule has 0 aliphatic carbocycles. The van der Waals surface area contributed by atoms with Crippen molar-refractivity contribution in [3.8, 4) is 5.75 Å². The van der Waals surface area contributed by atoms with Crippen molar-refractivity contribution in [2.24, 2.45) is 0 Å². The van der Waals surface area contributed by atoms with Gasteiger partial charge in [0.05, 0.1) is 32.5 Å². The first kappa shape index (κ1) is 18.1. The maximum absolute atomic E-state index is 6.21. The van der Waals surface area contributed by atoms with Crippen LogP contribution in [0.4, 0.5) is 0 Å². The van der Waals surface area contributed by atoms with Gasteiger partial charge in [-0.1, -0.05) is 24.3 Å². The third-order valence-corrected chi connectivity index (χ3v) is 4.53. The molecule has 2 heterocycles. The summed E-state index contributed by atoms with van der Waals surface area (Å²) in [7, 11) is 1.65. The van der Waals surface area contributed by atoms with E-state index in [1.807, 2.05) is 30.3 Å². The Bertz CT molecular complexity index is 570. The van der Waals surface area contributed by atoms with Gasteiger partial charge in [-0.05, 0) is 18.6 Å². The Labute approximate surface area is 149 Å². The molecule has 1 aromatic carbocycles. The molecule has 1 aromatic rings. The molecular formula is C20H26O5. The zero-order chi connectivity index (χ0) is 17.6. The zero-order valence-corrected chi connectivity index (χ0v) is 14.6. The third-order valence-electron chi connectivity index (χ3n) is 4.53. The second kappa shape index (κ2) is 8.63. The largest absolute Gasteiger partial charge is 0.497 e. The fourth-order valence-electron chi connectivity index (χ4n) is 3.31. The second-order valence-electron chi connectivity index (χ2n) is 6.26. The smallest absolute Gasteiger partial charge is 0.184 e. The molecule has 136 valence electrons. The molecule has 2 fully saturated rings. The van der Waals surface area contributed by atoms with Gasteiger partial charge in [-0.2, -0.15) is 0 Å². The standard InChI is InChI=1S/C20H26O5/c1-4-6-16-12-17(22-11-5-2)19-18(24-16)13-23-20(25-19)14-7-9-15(21-3)10-8-14/h4-5,7-10,16-20H,1-2,6,11-13H2,3H3/t16-,17+,18-,19+,20?/m1/s1. The van der Waals surface area contributed by atoms with Crippen LogP contribution in [0.3, 0.4) is 0 Å². The van der Waals surface area contributed by atoms with E-state index in [4.69, 9.17) is 23.7 Å². The van der Waals surface area contributed by atoms with Crippen LogP contribution < -0.4 is 4.74 Å². The van der Waals surface area contributed by atoms with Gasteiger partial charge < -0.3 is 23.7 Å². The first-order valence-corrected chi connectivity index (χ1v) is 8.65. The van der Waals surface area contributed by atoms with Crippen LogP contribution in [-0.2, 0) is 18.9 Å². The molecule has 5 nitrogen and oxygen atoms in total. The van der Waals surface area contributed by atoms with Crippen LogP contribution in [0.1, 0.15) is 24.7 Å². The molecule has 0 amide bonds. The fourth-order valence-corrected chi connectivity index (χ4v) is 3.31. The molecule has 0 spiro atoms. The van der Waals surface area contributed by atoms with E-state index in [2.05, 4.69) is 13.2 Å². The van der Waals surface area contributed by atoms with Gasteiger partial charge in [-0.25, -0.2) is 0 Å². The summed E-state index contributed by atoms with van der Waals surface area (Å²) in [5.74, 6) is 0.804. The van der Waals surface area contributed by atoms with Gasteiger partial charge in [0.15, 0.2) is 6.29 Å². The number of fused-ring (bicyclic) bond motifs is 1. The first-order valence-electron chi connectivity index (χ1n) is 8.65. The summed E-state index contributed by atoms with van der Waals surface area (Å²) in [6, 6.07) is 7.70. The Hall–Kier alpha value is -1.66. The molecule has 5 heteroatoms. The summed E-state index contributed by atoms with van der Waals surface area (Å²) in [6.07, 6.45) is 4.50. The van der Waals surface area contributed by atoms with Crippen molar-refractivity contribution >= 4 is 0 Å². The van der Waals surface area contributed by atoms with Crippen LogP contribution in [0.2, 0.25) is 0 Å². The quantitative estimate of drug-likeness (QED) is 0.708. The van der Waals surface area contributed by atoms with Crippen LogP contribution in [0.15, 0.2) is 49.6 Å². The van der Waals surface area contributed by atoms with Crippen LogP contribution in [0.25, 0.3) is 0 Å². The number of hydrogen-bond acceptors (Lipinski definition) is 5. The van der Waals surface area contributed by atoms with Gasteiger partial charge in [0, 0.05) is 12.0 Å². The molecule has 1 unspecified atom stereocenters. The van der Waals surface area contributed by atoms with Crippen LogP contribution in [-0.4, -0.2) is 44.7 Å². The van der Waals surface area contributed by atoms with Gasteiger partial charge >= 0.3 is 0 Å². The molecular weight excluding hydrogens is 320 g/mol. The highest BCUT2D eigenvalue weighted by Gasteiger charge is 2.44. The van der Waals surface area contributed by atoms with Crippen molar-refractivity contribution in [2.75, 3.05) is 20.3 Å². The highest BCUT2D eigenvalue weighted by atomic mass is 16.7. The highest BCUT2D eigenvalue weighted by Crippen LogP contribution is 2.36. The highest BCUT2D eigenvalue weighted by molar-refractivity contribution is 5.28. The molecule has 3 rings (SSSR count). The molecule has 2 saturated heterocycles. The summed E-state index contributed by atoms with van der Waals surface area (Å²) in [5, 5.41) is 0. The van der Waals surface area contributed by atoms with Gasteiger partial charge in [0.2, 0.25) is 0 Å². The number of benzene rings is 1. The van der Waals surface area contributed by atoms with E-state index in [1.54, 1.807) is 13.2 Å². The number of ether oxygens (including phenoxy) is 5. The predicted molar refractivity (Wildman–Crippen MR) is 94.6 cm³/mol. The minimum atomic E-state index is -0.429. The number of methoxy groups -OCH3 is 1. The van der Waals surface area contributed by atoms with E-state index in [1.165, 1.54) is 0 Å². The van der Waals surface area contributed by atoms with Crippen molar-refractivity contribution in [2.45, 2.75) is 43.5 Å². The Morgan fingerprint density at radius 1 is 1.16 bits per heavy atom. The lowest BCUT2D eigenvalue weighted by Crippen LogP contribution is -2.55. The lowest BCUT2D eigenvalue weighted by Gasteiger charge is -2.45. The number of rotatable bonds is 7. The molecule has 25 heavy (non-hydrogen) atoms. The van der Waals surface area contributed by atoms with Crippen LogP contribution >= 0.6 is 0 Å². The predicted octanol–water partition coefficient (Wildman–Crippen LogP) is 3.41. The third kappa shape index (κ3) is 4.30. The van der Waals surface area contributed by atoms with Crippen LogP contribution in [0, 0.1) is 0 Å². The average molecular weight is 346 g/mol. The lowest BCUT2D eigenvalue weighted by molar-refractivity contribution is -0.313. The van der Waals surface area contributed by atoms with Crippen molar-refractivity contribution in [1.29, 1.82) is 0 Å². The Kier molecular flexibility index (Phi) is 6.26. The minimum absolute atomic E-state index is 0.0497. The first-order chi connectivity index (χ1) is 12.2. The second-order valence-corrected chi connectivity index (χ2v) is 6.26. The molecule has 5 atom stereocenters. The molecule has 0 N–H and O–H groups in total. The Morgan fingerprint density at radius 2 is 1.96 bits per heavy atom. The van der Waals surface area contributed by atoms with Crippen molar-refractivity contribution < 1.29 is 23.7 Å². The molecule has 0 saturated carbocycles. The van der Waals surface area contributed by atoms with Gasteiger partial charge in [-0.3, -0.25) is 0 Å². The van der Waals surface area contributed by atoms with Crippen molar-refractivity contribution in [3.05, 3.63) is 55.1 Å². The summed E-state index contributed by atoms with van der Waals surface area (Å²) in [4.78, 5) is 0. The van der Waals surface area contributed by atoms with E-state index < -0.39 is 6.29 Å². The van der Waals surface area contributed by atoms with E-state index >= 15 is 0 Å². The van der Waals surface area contributed by atoms with Gasteiger partial charge in [-0.15, -0.1) is 13.2 Å². The van der Waals surface area contributed by atoms with E-state index in [0.29, 0.717) is 13.2 Å². The van der Waals surface area contributed by atoms with Crippen LogP contribution in [0.5, 0.6) is 5.75 Å². The van der Waals surface area contributed by atoms with Crippen molar-refractivity contribution in [1.82, 2.24) is 0 Å². The molecule has 2 aliphatic heterocycles. The Morgan fingerprint density at radius 3 is 2.64 bits per heavy atom. The summed E-state index contributed by atoms with van der Waals surface area (Å²) < 4.78 is 29.4. The monoisotopic (exact) mass is 346 g/mol. The lowest BCUT2D eigenvalue weighted by atomic mass is 9.95. The summed E-state index contributed by atoms with van der Waals surface area (Å²) >= 11 is 0. The minimum Gasteiger partial charge on any atom is -0.497 e. The van der Waals surface area contributed by atoms with E-state index in [9.17, 15) is 0 Å². The molecule has 0 radical (unpaired) electrons. The normalized spacial score (nSPS) is 31.8. The summed E-state index contributed by atoms with van der Waals surface area (Å²) in [5.41, 5.74) is 0.954. The average Bonchev–Trinajstić information content (AvgIpc) is 2.66. The van der Waals surface area contributed by atoms with Gasteiger partial charge in [0.1, 0.15) is 18.0 Å². The van der Waals surface area contributed by atoms with E-state index in [0.717, 1.165) is 24.2 Å². The summed E-state index contributed by atoms with van der Waals surface area (Å²) in [6.45, 7) is 8.50.